The van der Waals surface area contributed by atoms with Gasteiger partial charge in [0.05, 0.1) is 29.6 Å². The number of rotatable bonds is 4. The average molecular weight is 336 g/mol. The normalized spacial score (nSPS) is 10.2. The Morgan fingerprint density at radius 3 is 1.70 bits per heavy atom. The van der Waals surface area contributed by atoms with Gasteiger partial charge >= 0.3 is 5.97 Å². The van der Waals surface area contributed by atoms with Gasteiger partial charge in [-0.2, -0.15) is 0 Å². The van der Waals surface area contributed by atoms with Gasteiger partial charge in [0.2, 0.25) is 9.84 Å². The van der Waals surface area contributed by atoms with Crippen molar-refractivity contribution in [2.45, 2.75) is 9.79 Å². The van der Waals surface area contributed by atoms with E-state index in [0.29, 0.717) is 11.3 Å². The number of hydrogen-bond donors (Lipinski definition) is 0. The van der Waals surface area contributed by atoms with Crippen LogP contribution in [0.2, 0.25) is 0 Å². The van der Waals surface area contributed by atoms with Crippen LogP contribution in [0.5, 0.6) is 5.75 Å². The molecule has 122 valence electrons. The maximum Gasteiger partial charge on any atom is 0.337 e. The van der Waals surface area contributed by atoms with Crippen LogP contribution < -0.4 is 4.74 Å². The predicted octanol–water partition coefficient (Wildman–Crippen LogP) is 2.13. The molecule has 6 nitrogen and oxygen atoms in total. The van der Waals surface area contributed by atoms with Crippen LogP contribution in [0.1, 0.15) is 10.4 Å². The molecule has 0 fully saturated rings. The van der Waals surface area contributed by atoms with Crippen molar-refractivity contribution in [1.29, 1.82) is 0 Å². The molecule has 7 heteroatoms. The molecule has 0 atom stereocenters. The first-order chi connectivity index (χ1) is 11.0. The highest BCUT2D eigenvalue weighted by Gasteiger charge is 2.18. The number of methoxy groups -OCH3 is 2. The van der Waals surface area contributed by atoms with E-state index in [1.54, 1.807) is 12.1 Å². The molecule has 0 heterocycles. The molecule has 0 saturated heterocycles. The summed E-state index contributed by atoms with van der Waals surface area (Å²) >= 11 is 0. The Morgan fingerprint density at radius 1 is 0.870 bits per heavy atom. The van der Waals surface area contributed by atoms with Gasteiger partial charge in [-0.05, 0) is 48.5 Å². The summed E-state index contributed by atoms with van der Waals surface area (Å²) in [7, 11) is -0.844. The minimum atomic E-state index is -3.62. The van der Waals surface area contributed by atoms with Crippen molar-refractivity contribution in [3.8, 4) is 5.75 Å². The van der Waals surface area contributed by atoms with Crippen LogP contribution in [-0.4, -0.2) is 35.4 Å². The zero-order chi connectivity index (χ0) is 17.5. The SMILES string of the molecule is C=O.COC(=O)c1ccc(S(=O)(=O)c2ccc(OC)cc2)cc1. The first-order valence-electron chi connectivity index (χ1n) is 6.35. The molecule has 0 aliphatic carbocycles. The van der Waals surface area contributed by atoms with Crippen LogP contribution in [0.15, 0.2) is 58.3 Å². The van der Waals surface area contributed by atoms with Gasteiger partial charge in [-0.15, -0.1) is 0 Å². The highest BCUT2D eigenvalue weighted by Crippen LogP contribution is 2.23. The molecule has 0 bridgehead atoms. The molecule has 0 aromatic heterocycles. The Hall–Kier alpha value is -2.67. The molecule has 2 aromatic rings. The molecule has 0 spiro atoms. The third kappa shape index (κ3) is 4.17. The minimum Gasteiger partial charge on any atom is -0.497 e. The Labute approximate surface area is 134 Å². The number of hydrogen-bond acceptors (Lipinski definition) is 6. The minimum absolute atomic E-state index is 0.111. The van der Waals surface area contributed by atoms with Crippen LogP contribution in [0, 0.1) is 0 Å². The molecule has 0 amide bonds. The summed E-state index contributed by atoms with van der Waals surface area (Å²) in [5.41, 5.74) is 0.297. The summed E-state index contributed by atoms with van der Waals surface area (Å²) in [6.07, 6.45) is 0. The van der Waals surface area contributed by atoms with Crippen molar-refractivity contribution in [3.05, 3.63) is 54.1 Å². The summed E-state index contributed by atoms with van der Waals surface area (Å²) in [5.74, 6) is 0.0679. The second-order valence-electron chi connectivity index (χ2n) is 4.19. The van der Waals surface area contributed by atoms with Gasteiger partial charge in [-0.1, -0.05) is 0 Å². The summed E-state index contributed by atoms with van der Waals surface area (Å²) < 4.78 is 34.4. The second-order valence-corrected chi connectivity index (χ2v) is 6.14. The van der Waals surface area contributed by atoms with E-state index in [9.17, 15) is 13.2 Å². The number of carbonyl (C=O) groups is 2. The van der Waals surface area contributed by atoms with Crippen molar-refractivity contribution < 1.29 is 27.5 Å². The van der Waals surface area contributed by atoms with E-state index >= 15 is 0 Å². The lowest BCUT2D eigenvalue weighted by atomic mass is 10.2. The highest BCUT2D eigenvalue weighted by molar-refractivity contribution is 7.91. The van der Waals surface area contributed by atoms with Crippen molar-refractivity contribution in [1.82, 2.24) is 0 Å². The molecule has 0 aliphatic rings. The molecule has 23 heavy (non-hydrogen) atoms. The first-order valence-corrected chi connectivity index (χ1v) is 7.84. The van der Waals surface area contributed by atoms with Crippen molar-refractivity contribution in [2.24, 2.45) is 0 Å². The number of benzene rings is 2. The van der Waals surface area contributed by atoms with Crippen LogP contribution in [0.3, 0.4) is 0 Å². The predicted molar refractivity (Wildman–Crippen MR) is 83.3 cm³/mol. The summed E-state index contributed by atoms with van der Waals surface area (Å²) in [6.45, 7) is 2.00. The average Bonchev–Trinajstić information content (AvgIpc) is 2.62. The molecule has 0 radical (unpaired) electrons. The van der Waals surface area contributed by atoms with Crippen molar-refractivity contribution in [2.75, 3.05) is 14.2 Å². The van der Waals surface area contributed by atoms with E-state index in [0.717, 1.165) is 0 Å². The Kier molecular flexibility index (Phi) is 6.47. The quantitative estimate of drug-likeness (QED) is 0.795. The standard InChI is InChI=1S/C15H14O5S.CH2O/c1-19-12-5-9-14(10-6-12)21(17,18)13-7-3-11(4-8-13)15(16)20-2;1-2/h3-10H,1-2H3;1H2. The van der Waals surface area contributed by atoms with Gasteiger partial charge in [0.1, 0.15) is 12.5 Å². The van der Waals surface area contributed by atoms with Crippen molar-refractivity contribution >= 4 is 22.6 Å². The van der Waals surface area contributed by atoms with E-state index < -0.39 is 15.8 Å². The van der Waals surface area contributed by atoms with Gasteiger partial charge in [-0.3, -0.25) is 0 Å². The fourth-order valence-corrected chi connectivity index (χ4v) is 3.04. The van der Waals surface area contributed by atoms with E-state index in [1.165, 1.54) is 50.6 Å². The molecule has 2 rings (SSSR count). The van der Waals surface area contributed by atoms with Crippen LogP contribution in [-0.2, 0) is 19.4 Å². The first kappa shape index (κ1) is 18.4. The summed E-state index contributed by atoms with van der Waals surface area (Å²) in [5, 5.41) is 0. The molecule has 0 N–H and O–H groups in total. The maximum atomic E-state index is 12.4. The Bertz CT molecular complexity index is 748. The smallest absolute Gasteiger partial charge is 0.337 e. The molecule has 0 aliphatic heterocycles. The van der Waals surface area contributed by atoms with E-state index in [1.807, 2.05) is 6.79 Å². The lowest BCUT2D eigenvalue weighted by Crippen LogP contribution is -2.04. The van der Waals surface area contributed by atoms with Gasteiger partial charge in [0.15, 0.2) is 0 Å². The summed E-state index contributed by atoms with van der Waals surface area (Å²) in [4.78, 5) is 19.6. The lowest BCUT2D eigenvalue weighted by Gasteiger charge is -2.06. The second kappa shape index (κ2) is 8.09. The van der Waals surface area contributed by atoms with Crippen molar-refractivity contribution in [3.63, 3.8) is 0 Å². The molecular formula is C16H16O6S. The largest absolute Gasteiger partial charge is 0.497 e. The number of carbonyl (C=O) groups excluding carboxylic acids is 2. The van der Waals surface area contributed by atoms with E-state index in [-0.39, 0.29) is 9.79 Å². The zero-order valence-electron chi connectivity index (χ0n) is 12.7. The number of esters is 1. The highest BCUT2D eigenvalue weighted by atomic mass is 32.2. The monoisotopic (exact) mass is 336 g/mol. The van der Waals surface area contributed by atoms with E-state index in [4.69, 9.17) is 9.53 Å². The summed E-state index contributed by atoms with van der Waals surface area (Å²) in [6, 6.07) is 11.7. The topological polar surface area (TPSA) is 86.7 Å². The maximum absolute atomic E-state index is 12.4. The molecule has 0 saturated carbocycles. The third-order valence-electron chi connectivity index (χ3n) is 2.96. The number of sulfone groups is 1. The zero-order valence-corrected chi connectivity index (χ0v) is 13.5. The Morgan fingerprint density at radius 2 is 1.30 bits per heavy atom. The van der Waals surface area contributed by atoms with Gasteiger partial charge < -0.3 is 14.3 Å². The van der Waals surface area contributed by atoms with Crippen LogP contribution >= 0.6 is 0 Å². The fourth-order valence-electron chi connectivity index (χ4n) is 1.78. The van der Waals surface area contributed by atoms with Gasteiger partial charge in [0, 0.05) is 0 Å². The molecule has 0 unspecified atom stereocenters. The Balaban J connectivity index is 0.00000127. The third-order valence-corrected chi connectivity index (χ3v) is 4.74. The molecular weight excluding hydrogens is 320 g/mol. The number of ether oxygens (including phenoxy) is 2. The lowest BCUT2D eigenvalue weighted by molar-refractivity contribution is -0.0980. The molecule has 2 aromatic carbocycles. The van der Waals surface area contributed by atoms with Gasteiger partial charge in [-0.25, -0.2) is 13.2 Å². The fraction of sp³-hybridized carbons (Fsp3) is 0.125. The van der Waals surface area contributed by atoms with Crippen LogP contribution in [0.25, 0.3) is 0 Å². The van der Waals surface area contributed by atoms with E-state index in [2.05, 4.69) is 4.74 Å². The van der Waals surface area contributed by atoms with Crippen LogP contribution in [0.4, 0.5) is 0 Å². The van der Waals surface area contributed by atoms with Gasteiger partial charge in [0.25, 0.3) is 0 Å².